The Morgan fingerprint density at radius 3 is 1.80 bits per heavy atom. The van der Waals surface area contributed by atoms with Gasteiger partial charge in [-0.05, 0) is 62.8 Å². The van der Waals surface area contributed by atoms with Crippen LogP contribution in [0.5, 0.6) is 0 Å². The van der Waals surface area contributed by atoms with E-state index in [4.69, 9.17) is 14.4 Å². The number of aromatic nitrogens is 2. The number of furan rings is 1. The summed E-state index contributed by atoms with van der Waals surface area (Å²) in [5.41, 5.74) is 12.0. The Morgan fingerprint density at radius 2 is 1.15 bits per heavy atom. The second kappa shape index (κ2) is 8.28. The molecular weight excluding hydrogens is 500 g/mol. The summed E-state index contributed by atoms with van der Waals surface area (Å²) in [6, 6.07) is 24.2. The Balaban J connectivity index is 1.61. The highest BCUT2D eigenvalue weighted by Crippen LogP contribution is 2.48. The van der Waals surface area contributed by atoms with E-state index in [1.807, 2.05) is 0 Å². The van der Waals surface area contributed by atoms with Gasteiger partial charge in [0.15, 0.2) is 5.82 Å². The molecule has 0 atom stereocenters. The van der Waals surface area contributed by atoms with Gasteiger partial charge in [-0.25, -0.2) is 9.97 Å². The summed E-state index contributed by atoms with van der Waals surface area (Å²) in [5, 5.41) is 3.44. The van der Waals surface area contributed by atoms with Crippen molar-refractivity contribution in [2.24, 2.45) is 0 Å². The number of nitrogens with zero attached hydrogens (tertiary/aromatic N) is 2. The van der Waals surface area contributed by atoms with Gasteiger partial charge < -0.3 is 4.42 Å². The zero-order valence-electron chi connectivity index (χ0n) is 25.7. The van der Waals surface area contributed by atoms with Gasteiger partial charge in [0, 0.05) is 27.3 Å². The predicted molar refractivity (Wildman–Crippen MR) is 173 cm³/mol. The van der Waals surface area contributed by atoms with Crippen LogP contribution in [0.4, 0.5) is 0 Å². The van der Waals surface area contributed by atoms with Crippen LogP contribution in [0, 0.1) is 0 Å². The Bertz CT molecular complexity index is 2040. The minimum absolute atomic E-state index is 0.0129. The van der Waals surface area contributed by atoms with Crippen LogP contribution in [0.3, 0.4) is 0 Å². The maximum Gasteiger partial charge on any atom is 0.164 e. The normalized spacial score (nSPS) is 13.5. The summed E-state index contributed by atoms with van der Waals surface area (Å²) in [6.45, 7) is 20.5. The molecule has 1 aliphatic carbocycles. The van der Waals surface area contributed by atoms with E-state index < -0.39 is 0 Å². The van der Waals surface area contributed by atoms with Gasteiger partial charge in [-0.2, -0.15) is 0 Å². The van der Waals surface area contributed by atoms with Crippen molar-refractivity contribution in [2.75, 3.05) is 0 Å². The number of fused-ring (bicyclic) bond motifs is 6. The third-order valence-electron chi connectivity index (χ3n) is 8.65. The number of rotatable bonds is 1. The van der Waals surface area contributed by atoms with Crippen molar-refractivity contribution in [3.05, 3.63) is 83.4 Å². The van der Waals surface area contributed by atoms with E-state index in [-0.39, 0.29) is 16.2 Å². The molecule has 0 spiro atoms. The van der Waals surface area contributed by atoms with Crippen molar-refractivity contribution >= 4 is 32.8 Å². The lowest BCUT2D eigenvalue weighted by atomic mass is 9.79. The quantitative estimate of drug-likeness (QED) is 0.209. The van der Waals surface area contributed by atoms with Crippen LogP contribution in [0.15, 0.2) is 71.1 Å². The highest BCUT2D eigenvalue weighted by Gasteiger charge is 2.29. The van der Waals surface area contributed by atoms with Crippen LogP contribution in [0.1, 0.15) is 79.0 Å². The van der Waals surface area contributed by atoms with Gasteiger partial charge in [0.1, 0.15) is 11.2 Å². The molecule has 3 nitrogen and oxygen atoms in total. The zero-order chi connectivity index (χ0) is 29.1. The maximum absolute atomic E-state index is 6.92. The molecule has 41 heavy (non-hydrogen) atoms. The average molecular weight is 539 g/mol. The van der Waals surface area contributed by atoms with E-state index in [0.29, 0.717) is 5.82 Å². The second-order valence-corrected chi connectivity index (χ2v) is 14.8. The van der Waals surface area contributed by atoms with Crippen molar-refractivity contribution in [1.82, 2.24) is 9.97 Å². The van der Waals surface area contributed by atoms with Crippen LogP contribution in [0.25, 0.3) is 66.6 Å². The Morgan fingerprint density at radius 1 is 0.537 bits per heavy atom. The van der Waals surface area contributed by atoms with Crippen LogP contribution in [0.2, 0.25) is 0 Å². The van der Waals surface area contributed by atoms with Gasteiger partial charge in [0.05, 0.1) is 16.8 Å². The van der Waals surface area contributed by atoms with E-state index >= 15 is 0 Å². The van der Waals surface area contributed by atoms with Gasteiger partial charge in [-0.3, -0.25) is 0 Å². The molecule has 2 aromatic heterocycles. The minimum atomic E-state index is -0.0775. The number of hydrogen-bond donors (Lipinski definition) is 0. The van der Waals surface area contributed by atoms with Crippen molar-refractivity contribution in [2.45, 2.75) is 78.6 Å². The molecule has 7 rings (SSSR count). The molecule has 0 amide bonds. The third kappa shape index (κ3) is 3.93. The standard InChI is InChI=1S/C38H38N2O/c1-36(2,3)21-17-26-27-18-22(37(4,5)6)20-29(38(7,8)9)34(27)41-33(26)28(19-21)35-39-30-16-12-15-24-23-13-10-11-14-25(23)32(40-35)31(24)30/h10-20H,1-9H3. The first-order valence-corrected chi connectivity index (χ1v) is 14.7. The van der Waals surface area contributed by atoms with Gasteiger partial charge in [-0.15, -0.1) is 0 Å². The topological polar surface area (TPSA) is 38.9 Å². The highest BCUT2D eigenvalue weighted by atomic mass is 16.3. The highest BCUT2D eigenvalue weighted by molar-refractivity contribution is 6.14. The van der Waals surface area contributed by atoms with Crippen LogP contribution in [-0.2, 0) is 16.2 Å². The molecule has 0 bridgehead atoms. The van der Waals surface area contributed by atoms with Gasteiger partial charge >= 0.3 is 0 Å². The average Bonchev–Trinajstić information content (AvgIpc) is 3.43. The second-order valence-electron chi connectivity index (χ2n) is 14.8. The summed E-state index contributed by atoms with van der Waals surface area (Å²) in [4.78, 5) is 10.5. The molecular formula is C38H38N2O. The SMILES string of the molecule is CC(C)(C)c1cc(-c2nc3c4c(cccc4n2)-c2ccccc2-3)c2oc3c(C(C)(C)C)cc(C(C)(C)C)cc3c2c1. The predicted octanol–water partition coefficient (Wildman–Crippen LogP) is 10.7. The Labute approximate surface area is 242 Å². The minimum Gasteiger partial charge on any atom is -0.455 e. The molecule has 4 aromatic carbocycles. The first-order valence-electron chi connectivity index (χ1n) is 14.7. The summed E-state index contributed by atoms with van der Waals surface area (Å²) < 4.78 is 6.92. The van der Waals surface area contributed by atoms with Crippen LogP contribution >= 0.6 is 0 Å². The molecule has 0 aliphatic heterocycles. The molecule has 206 valence electrons. The Hall–Kier alpha value is -3.98. The van der Waals surface area contributed by atoms with E-state index in [1.165, 1.54) is 38.8 Å². The van der Waals surface area contributed by atoms with Gasteiger partial charge in [-0.1, -0.05) is 105 Å². The molecule has 1 aliphatic rings. The molecule has 0 N–H and O–H groups in total. The van der Waals surface area contributed by atoms with Crippen LogP contribution in [-0.4, -0.2) is 9.97 Å². The monoisotopic (exact) mass is 538 g/mol. The third-order valence-corrected chi connectivity index (χ3v) is 8.65. The van der Waals surface area contributed by atoms with Crippen molar-refractivity contribution in [3.63, 3.8) is 0 Å². The zero-order valence-corrected chi connectivity index (χ0v) is 25.7. The molecule has 0 unspecified atom stereocenters. The van der Waals surface area contributed by atoms with E-state index in [0.717, 1.165) is 38.7 Å². The molecule has 0 saturated heterocycles. The van der Waals surface area contributed by atoms with Crippen molar-refractivity contribution < 1.29 is 4.42 Å². The lowest BCUT2D eigenvalue weighted by molar-refractivity contribution is 0.559. The lowest BCUT2D eigenvalue weighted by Gasteiger charge is -2.25. The fraction of sp³-hybridized carbons (Fsp3) is 0.316. The fourth-order valence-electron chi connectivity index (χ4n) is 6.22. The van der Waals surface area contributed by atoms with Crippen molar-refractivity contribution in [3.8, 4) is 33.8 Å². The number of benzene rings is 4. The van der Waals surface area contributed by atoms with Crippen molar-refractivity contribution in [1.29, 1.82) is 0 Å². The molecule has 3 heteroatoms. The summed E-state index contributed by atoms with van der Waals surface area (Å²) >= 11 is 0. The number of hydrogen-bond acceptors (Lipinski definition) is 3. The van der Waals surface area contributed by atoms with E-state index in [9.17, 15) is 0 Å². The largest absolute Gasteiger partial charge is 0.455 e. The molecule has 0 radical (unpaired) electrons. The van der Waals surface area contributed by atoms with Gasteiger partial charge in [0.2, 0.25) is 0 Å². The van der Waals surface area contributed by atoms with E-state index in [1.54, 1.807) is 0 Å². The van der Waals surface area contributed by atoms with Gasteiger partial charge in [0.25, 0.3) is 0 Å². The first-order chi connectivity index (χ1) is 19.2. The summed E-state index contributed by atoms with van der Waals surface area (Å²) in [5.74, 6) is 0.713. The van der Waals surface area contributed by atoms with E-state index in [2.05, 4.69) is 129 Å². The summed E-state index contributed by atoms with van der Waals surface area (Å²) in [7, 11) is 0. The maximum atomic E-state index is 6.92. The fourth-order valence-corrected chi connectivity index (χ4v) is 6.22. The first kappa shape index (κ1) is 26.0. The van der Waals surface area contributed by atoms with Crippen LogP contribution < -0.4 is 0 Å². The molecule has 6 aromatic rings. The lowest BCUT2D eigenvalue weighted by Crippen LogP contribution is -2.16. The summed E-state index contributed by atoms with van der Waals surface area (Å²) in [6.07, 6.45) is 0. The molecule has 0 fully saturated rings. The molecule has 0 saturated carbocycles. The Kier molecular flexibility index (Phi) is 5.24. The molecule has 2 heterocycles. The smallest absolute Gasteiger partial charge is 0.164 e.